The number of hydrogen-bond donors (Lipinski definition) is 2. The molecule has 0 bridgehead atoms. The predicted octanol–water partition coefficient (Wildman–Crippen LogP) is 5.40. The highest BCUT2D eigenvalue weighted by Crippen LogP contribution is 2.63. The van der Waals surface area contributed by atoms with E-state index in [1.807, 2.05) is 0 Å². The zero-order chi connectivity index (χ0) is 24.1. The number of aliphatic carboxylic acids is 1. The molecule has 3 nitrogen and oxygen atoms in total. The van der Waals surface area contributed by atoms with Crippen molar-refractivity contribution in [1.82, 2.24) is 0 Å². The van der Waals surface area contributed by atoms with E-state index in [4.69, 9.17) is 5.11 Å². The van der Waals surface area contributed by atoms with Gasteiger partial charge in [-0.1, -0.05) is 6.58 Å². The number of halogens is 12. The molecule has 30 heavy (non-hydrogen) atoms. The van der Waals surface area contributed by atoms with Crippen LogP contribution in [0.1, 0.15) is 25.7 Å². The number of carbonyl (C=O) groups is 1. The lowest BCUT2D eigenvalue weighted by Crippen LogP contribution is -2.63. The zero-order valence-corrected chi connectivity index (χ0v) is 14.5. The fraction of sp³-hybridized carbons (Fsp3) is 0.800. The second-order valence-electron chi connectivity index (χ2n) is 6.90. The van der Waals surface area contributed by atoms with Gasteiger partial charge in [-0.15, -0.1) is 0 Å². The lowest BCUT2D eigenvalue weighted by molar-refractivity contribution is -0.390. The molecule has 0 unspecified atom stereocenters. The van der Waals surface area contributed by atoms with Crippen LogP contribution in [0.5, 0.6) is 0 Å². The topological polar surface area (TPSA) is 57.5 Å². The summed E-state index contributed by atoms with van der Waals surface area (Å²) in [6.45, 7) is 2.33. The van der Waals surface area contributed by atoms with Gasteiger partial charge in [-0.25, -0.2) is 4.79 Å². The Kier molecular flexibility index (Phi) is 6.57. The van der Waals surface area contributed by atoms with Crippen molar-refractivity contribution in [1.29, 1.82) is 0 Å². The van der Waals surface area contributed by atoms with E-state index in [1.165, 1.54) is 0 Å². The Morgan fingerprint density at radius 1 is 0.667 bits per heavy atom. The van der Waals surface area contributed by atoms with Gasteiger partial charge in [0.15, 0.2) is 5.41 Å². The van der Waals surface area contributed by atoms with E-state index in [0.29, 0.717) is 0 Å². The molecular formula is C15H14F12O3. The first-order valence-electron chi connectivity index (χ1n) is 7.98. The molecule has 0 aromatic rings. The van der Waals surface area contributed by atoms with Crippen LogP contribution in [0.4, 0.5) is 52.7 Å². The number of carboxylic acids is 1. The highest BCUT2D eigenvalue weighted by molar-refractivity contribution is 5.88. The molecule has 0 saturated heterocycles. The van der Waals surface area contributed by atoms with Gasteiger partial charge in [-0.05, 0) is 31.6 Å². The van der Waals surface area contributed by atoms with Crippen molar-refractivity contribution in [2.45, 2.75) is 56.0 Å². The summed E-state index contributed by atoms with van der Waals surface area (Å²) in [5, 5.41) is 18.0. The quantitative estimate of drug-likeness (QED) is 0.428. The third kappa shape index (κ3) is 3.84. The molecule has 0 aromatic heterocycles. The number of rotatable bonds is 4. The monoisotopic (exact) mass is 470 g/mol. The van der Waals surface area contributed by atoms with Crippen molar-refractivity contribution < 1.29 is 67.7 Å². The van der Waals surface area contributed by atoms with E-state index < -0.39 is 84.8 Å². The first kappa shape index (κ1) is 26.4. The van der Waals surface area contributed by atoms with E-state index in [9.17, 15) is 62.6 Å². The molecule has 0 heterocycles. The first-order valence-corrected chi connectivity index (χ1v) is 7.98. The lowest BCUT2D eigenvalue weighted by Gasteiger charge is -2.48. The maximum Gasteiger partial charge on any atom is 0.426 e. The standard InChI is InChI=1S/C15H14F12O3/c1-6(9(28)29)10(12(16,17)18,13(19,20)21)7-2-4-8(5-3-7)11(30,14(22,23)24)15(25,26)27/h7-8,30H,1-5H2,(H,28,29). The SMILES string of the molecule is C=C(C(=O)O)C(C1CCC(C(O)(C(F)(F)F)C(F)(F)F)CC1)(C(F)(F)F)C(F)(F)F. The van der Waals surface area contributed by atoms with E-state index >= 15 is 0 Å². The average Bonchev–Trinajstić information content (AvgIpc) is 2.50. The molecule has 1 aliphatic carbocycles. The Labute approximate surface area is 160 Å². The Bertz CT molecular complexity index is 634. The Hall–Kier alpha value is -1.67. The van der Waals surface area contributed by atoms with Crippen LogP contribution in [0.15, 0.2) is 12.2 Å². The number of aliphatic hydroxyl groups is 1. The highest BCUT2D eigenvalue weighted by atomic mass is 19.4. The molecule has 176 valence electrons. The summed E-state index contributed by atoms with van der Waals surface area (Å²) in [4.78, 5) is 10.9. The molecule has 0 amide bonds. The predicted molar refractivity (Wildman–Crippen MR) is 73.8 cm³/mol. The zero-order valence-electron chi connectivity index (χ0n) is 14.5. The van der Waals surface area contributed by atoms with Gasteiger partial charge in [0.25, 0.3) is 5.60 Å². The molecule has 2 N–H and O–H groups in total. The number of hydrogen-bond acceptors (Lipinski definition) is 2. The average molecular weight is 470 g/mol. The molecule has 0 aromatic carbocycles. The third-order valence-corrected chi connectivity index (χ3v) is 5.42. The van der Waals surface area contributed by atoms with Crippen LogP contribution >= 0.6 is 0 Å². The molecule has 0 radical (unpaired) electrons. The van der Waals surface area contributed by atoms with Gasteiger partial charge in [0, 0.05) is 5.92 Å². The Morgan fingerprint density at radius 2 is 0.967 bits per heavy atom. The molecule has 0 atom stereocenters. The second-order valence-corrected chi connectivity index (χ2v) is 6.90. The summed E-state index contributed by atoms with van der Waals surface area (Å²) in [5.74, 6) is -8.23. The Balaban J connectivity index is 3.46. The lowest BCUT2D eigenvalue weighted by atomic mass is 9.60. The van der Waals surface area contributed by atoms with E-state index in [-0.39, 0.29) is 0 Å². The van der Waals surface area contributed by atoms with Crippen molar-refractivity contribution in [3.8, 4) is 0 Å². The van der Waals surface area contributed by atoms with E-state index in [2.05, 4.69) is 6.58 Å². The summed E-state index contributed by atoms with van der Waals surface area (Å²) < 4.78 is 159. The van der Waals surface area contributed by atoms with Crippen LogP contribution in [0.2, 0.25) is 0 Å². The summed E-state index contributed by atoms with van der Waals surface area (Å²) in [6, 6.07) is 0. The van der Waals surface area contributed by atoms with Gasteiger partial charge < -0.3 is 10.2 Å². The molecule has 15 heteroatoms. The normalized spacial score (nSPS) is 22.7. The maximum absolute atomic E-state index is 13.5. The van der Waals surface area contributed by atoms with Crippen LogP contribution in [-0.2, 0) is 4.79 Å². The minimum absolute atomic E-state index is 1.52. The van der Waals surface area contributed by atoms with Gasteiger partial charge in [-0.3, -0.25) is 0 Å². The molecule has 1 fully saturated rings. The minimum atomic E-state index is -6.32. The second kappa shape index (κ2) is 7.48. The fourth-order valence-electron chi connectivity index (χ4n) is 3.95. The van der Waals surface area contributed by atoms with Crippen LogP contribution in [0.3, 0.4) is 0 Å². The van der Waals surface area contributed by atoms with Crippen molar-refractivity contribution >= 4 is 5.97 Å². The third-order valence-electron chi connectivity index (χ3n) is 5.42. The van der Waals surface area contributed by atoms with Gasteiger partial charge in [0.05, 0.1) is 5.57 Å². The molecular weight excluding hydrogens is 456 g/mol. The Morgan fingerprint density at radius 3 is 1.20 bits per heavy atom. The largest absolute Gasteiger partial charge is 0.478 e. The van der Waals surface area contributed by atoms with Crippen LogP contribution in [0.25, 0.3) is 0 Å². The van der Waals surface area contributed by atoms with Crippen molar-refractivity contribution in [3.05, 3.63) is 12.2 Å². The first-order chi connectivity index (χ1) is 13.1. The molecule has 0 spiro atoms. The molecule has 0 aliphatic heterocycles. The van der Waals surface area contributed by atoms with Gasteiger partial charge in [0.1, 0.15) is 0 Å². The minimum Gasteiger partial charge on any atom is -0.478 e. The van der Waals surface area contributed by atoms with Crippen LogP contribution < -0.4 is 0 Å². The maximum atomic E-state index is 13.5. The number of alkyl halides is 12. The van der Waals surface area contributed by atoms with Crippen molar-refractivity contribution in [3.63, 3.8) is 0 Å². The molecule has 1 rings (SSSR count). The van der Waals surface area contributed by atoms with Crippen LogP contribution in [0, 0.1) is 17.3 Å². The van der Waals surface area contributed by atoms with E-state index in [0.717, 1.165) is 0 Å². The van der Waals surface area contributed by atoms with Gasteiger partial charge >= 0.3 is 30.7 Å². The fourth-order valence-corrected chi connectivity index (χ4v) is 3.95. The van der Waals surface area contributed by atoms with Gasteiger partial charge in [-0.2, -0.15) is 52.7 Å². The smallest absolute Gasteiger partial charge is 0.426 e. The van der Waals surface area contributed by atoms with Gasteiger partial charge in [0.2, 0.25) is 0 Å². The highest BCUT2D eigenvalue weighted by Gasteiger charge is 2.78. The molecule has 1 saturated carbocycles. The summed E-state index contributed by atoms with van der Waals surface area (Å²) in [7, 11) is 0. The summed E-state index contributed by atoms with van der Waals surface area (Å²) in [6.07, 6.45) is -31.3. The van der Waals surface area contributed by atoms with Crippen LogP contribution in [-0.4, -0.2) is 46.5 Å². The van der Waals surface area contributed by atoms with E-state index in [1.54, 1.807) is 0 Å². The van der Waals surface area contributed by atoms with Crippen molar-refractivity contribution in [2.75, 3.05) is 0 Å². The molecule has 1 aliphatic rings. The summed E-state index contributed by atoms with van der Waals surface area (Å²) >= 11 is 0. The summed E-state index contributed by atoms with van der Waals surface area (Å²) in [5.41, 5.74) is -12.8. The number of carboxylic acid groups (broad SMARTS) is 1. The van der Waals surface area contributed by atoms with Crippen molar-refractivity contribution in [2.24, 2.45) is 17.3 Å².